The Morgan fingerprint density at radius 2 is 2.16 bits per heavy atom. The van der Waals surface area contributed by atoms with E-state index in [9.17, 15) is 4.39 Å². The molecule has 1 unspecified atom stereocenters. The number of hydrogen-bond acceptors (Lipinski definition) is 5. The third kappa shape index (κ3) is 4.75. The Morgan fingerprint density at radius 1 is 1.24 bits per heavy atom. The Hall–Kier alpha value is -2.50. The number of benzene rings is 1. The highest BCUT2D eigenvalue weighted by molar-refractivity contribution is 5.58. The van der Waals surface area contributed by atoms with E-state index in [1.165, 1.54) is 5.56 Å². The molecule has 0 amide bonds. The Kier molecular flexibility index (Phi) is 5.93. The van der Waals surface area contributed by atoms with Crippen LogP contribution in [0.4, 0.5) is 15.8 Å². The molecule has 3 rings (SSSR count). The zero-order chi connectivity index (χ0) is 17.5. The molecule has 0 aliphatic carbocycles. The van der Waals surface area contributed by atoms with E-state index in [0.717, 1.165) is 36.4 Å². The van der Waals surface area contributed by atoms with Gasteiger partial charge >= 0.3 is 0 Å². The van der Waals surface area contributed by atoms with Gasteiger partial charge in [0.25, 0.3) is 0 Å². The van der Waals surface area contributed by atoms with Crippen LogP contribution in [-0.2, 0) is 6.42 Å². The van der Waals surface area contributed by atoms with Gasteiger partial charge in [0.2, 0.25) is 5.88 Å². The maximum atomic E-state index is 12.2. The number of rotatable bonds is 8. The van der Waals surface area contributed by atoms with Crippen LogP contribution in [0.2, 0.25) is 0 Å². The number of aryl methyl sites for hydroxylation is 1. The van der Waals surface area contributed by atoms with Crippen molar-refractivity contribution in [1.29, 1.82) is 0 Å². The summed E-state index contributed by atoms with van der Waals surface area (Å²) in [5.74, 6) is 1.37. The smallest absolute Gasteiger partial charge is 0.213 e. The fraction of sp³-hybridized carbons (Fsp3) is 0.421. The van der Waals surface area contributed by atoms with E-state index in [0.29, 0.717) is 12.5 Å². The predicted molar refractivity (Wildman–Crippen MR) is 97.3 cm³/mol. The Balaban J connectivity index is 1.57. The Bertz CT molecular complexity index is 679. The molecule has 1 aliphatic rings. The minimum Gasteiger partial charge on any atom is -0.491 e. The van der Waals surface area contributed by atoms with Crippen LogP contribution in [0.3, 0.4) is 0 Å². The molecule has 0 saturated heterocycles. The van der Waals surface area contributed by atoms with Crippen molar-refractivity contribution in [1.82, 2.24) is 4.98 Å². The fourth-order valence-corrected chi connectivity index (χ4v) is 2.79. The van der Waals surface area contributed by atoms with E-state index in [-0.39, 0.29) is 12.8 Å². The van der Waals surface area contributed by atoms with Gasteiger partial charge in [-0.25, -0.2) is 9.37 Å². The SMILES string of the molecule is CCCOc1ccc(NC2CCc3cc(OCCF)ccc3N2)cn1. The molecular weight excluding hydrogens is 321 g/mol. The van der Waals surface area contributed by atoms with Crippen molar-refractivity contribution in [2.75, 3.05) is 30.5 Å². The molecule has 0 bridgehead atoms. The maximum Gasteiger partial charge on any atom is 0.213 e. The Morgan fingerprint density at radius 3 is 2.92 bits per heavy atom. The van der Waals surface area contributed by atoms with E-state index in [2.05, 4.69) is 22.5 Å². The van der Waals surface area contributed by atoms with Crippen LogP contribution in [-0.4, -0.2) is 31.0 Å². The van der Waals surface area contributed by atoms with Gasteiger partial charge in [0, 0.05) is 11.8 Å². The summed E-state index contributed by atoms with van der Waals surface area (Å²) in [6.07, 6.45) is 4.75. The number of ether oxygens (including phenoxy) is 2. The number of hydrogen-bond donors (Lipinski definition) is 2. The average molecular weight is 345 g/mol. The van der Waals surface area contributed by atoms with Crippen molar-refractivity contribution >= 4 is 11.4 Å². The summed E-state index contributed by atoms with van der Waals surface area (Å²) < 4.78 is 23.0. The molecule has 5 nitrogen and oxygen atoms in total. The van der Waals surface area contributed by atoms with Crippen molar-refractivity contribution in [3.8, 4) is 11.6 Å². The predicted octanol–water partition coefficient (Wildman–Crippen LogP) is 4.02. The molecule has 2 N–H and O–H groups in total. The van der Waals surface area contributed by atoms with Crippen LogP contribution >= 0.6 is 0 Å². The van der Waals surface area contributed by atoms with Crippen LogP contribution in [0.15, 0.2) is 36.5 Å². The number of anilines is 2. The second-order valence-corrected chi connectivity index (χ2v) is 5.97. The number of halogens is 1. The molecule has 1 atom stereocenters. The van der Waals surface area contributed by atoms with Crippen molar-refractivity contribution in [2.24, 2.45) is 0 Å². The van der Waals surface area contributed by atoms with Gasteiger partial charge in [-0.1, -0.05) is 6.92 Å². The van der Waals surface area contributed by atoms with Crippen LogP contribution in [0, 0.1) is 0 Å². The molecule has 2 aromatic rings. The molecule has 0 radical (unpaired) electrons. The van der Waals surface area contributed by atoms with E-state index in [4.69, 9.17) is 9.47 Å². The van der Waals surface area contributed by atoms with Gasteiger partial charge in [0.05, 0.1) is 24.7 Å². The van der Waals surface area contributed by atoms with Crippen LogP contribution in [0.1, 0.15) is 25.3 Å². The molecule has 25 heavy (non-hydrogen) atoms. The van der Waals surface area contributed by atoms with Crippen molar-refractivity contribution in [3.05, 3.63) is 42.1 Å². The van der Waals surface area contributed by atoms with Gasteiger partial charge in [-0.3, -0.25) is 0 Å². The first-order valence-electron chi connectivity index (χ1n) is 8.72. The van der Waals surface area contributed by atoms with Gasteiger partial charge in [0.1, 0.15) is 19.0 Å². The summed E-state index contributed by atoms with van der Waals surface area (Å²) in [4.78, 5) is 4.31. The normalized spacial score (nSPS) is 15.8. The van der Waals surface area contributed by atoms with E-state index in [1.54, 1.807) is 6.20 Å². The van der Waals surface area contributed by atoms with E-state index >= 15 is 0 Å². The second-order valence-electron chi connectivity index (χ2n) is 5.97. The highest BCUT2D eigenvalue weighted by atomic mass is 19.1. The van der Waals surface area contributed by atoms with Crippen LogP contribution in [0.5, 0.6) is 11.6 Å². The standard InChI is InChI=1S/C19H24FN3O2/c1-2-10-25-19-8-4-15(13-21-19)22-18-7-3-14-12-16(24-11-9-20)5-6-17(14)23-18/h4-6,8,12-13,18,22-23H,2-3,7,9-11H2,1H3. The first-order valence-corrected chi connectivity index (χ1v) is 8.72. The lowest BCUT2D eigenvalue weighted by molar-refractivity contribution is 0.273. The fourth-order valence-electron chi connectivity index (χ4n) is 2.79. The number of aromatic nitrogens is 1. The maximum absolute atomic E-state index is 12.2. The largest absolute Gasteiger partial charge is 0.491 e. The third-order valence-corrected chi connectivity index (χ3v) is 3.99. The topological polar surface area (TPSA) is 55.4 Å². The summed E-state index contributed by atoms with van der Waals surface area (Å²) in [6.45, 7) is 2.37. The summed E-state index contributed by atoms with van der Waals surface area (Å²) in [5, 5.41) is 6.92. The number of fused-ring (bicyclic) bond motifs is 1. The summed E-state index contributed by atoms with van der Waals surface area (Å²) in [6, 6.07) is 9.68. The lowest BCUT2D eigenvalue weighted by Crippen LogP contribution is -2.32. The summed E-state index contributed by atoms with van der Waals surface area (Å²) >= 11 is 0. The average Bonchev–Trinajstić information content (AvgIpc) is 2.65. The minimum absolute atomic E-state index is 0.0986. The molecule has 6 heteroatoms. The van der Waals surface area contributed by atoms with Gasteiger partial charge in [-0.2, -0.15) is 0 Å². The number of pyridine rings is 1. The lowest BCUT2D eigenvalue weighted by Gasteiger charge is -2.28. The number of nitrogens with zero attached hydrogens (tertiary/aromatic N) is 1. The molecule has 0 spiro atoms. The molecule has 0 saturated carbocycles. The molecule has 2 heterocycles. The van der Waals surface area contributed by atoms with E-state index in [1.807, 2.05) is 30.3 Å². The van der Waals surface area contributed by atoms with E-state index < -0.39 is 6.67 Å². The lowest BCUT2D eigenvalue weighted by atomic mass is 10.0. The van der Waals surface area contributed by atoms with Gasteiger partial charge < -0.3 is 20.1 Å². The molecule has 1 aliphatic heterocycles. The van der Waals surface area contributed by atoms with Crippen molar-refractivity contribution in [3.63, 3.8) is 0 Å². The third-order valence-electron chi connectivity index (χ3n) is 3.99. The number of nitrogens with one attached hydrogen (secondary N) is 2. The number of alkyl halides is 1. The summed E-state index contributed by atoms with van der Waals surface area (Å²) in [5.41, 5.74) is 3.22. The molecule has 134 valence electrons. The molecule has 0 fully saturated rings. The molecular formula is C19H24FN3O2. The zero-order valence-corrected chi connectivity index (χ0v) is 14.4. The molecule has 1 aromatic heterocycles. The quantitative estimate of drug-likeness (QED) is 0.757. The van der Waals surface area contributed by atoms with Crippen molar-refractivity contribution < 1.29 is 13.9 Å². The highest BCUT2D eigenvalue weighted by Crippen LogP contribution is 2.29. The van der Waals surface area contributed by atoms with Crippen molar-refractivity contribution in [2.45, 2.75) is 32.4 Å². The van der Waals surface area contributed by atoms with Crippen LogP contribution in [0.25, 0.3) is 0 Å². The first kappa shape index (κ1) is 17.3. The zero-order valence-electron chi connectivity index (χ0n) is 14.4. The first-order chi connectivity index (χ1) is 12.3. The summed E-state index contributed by atoms with van der Waals surface area (Å²) in [7, 11) is 0. The van der Waals surface area contributed by atoms with Gasteiger partial charge in [0.15, 0.2) is 0 Å². The van der Waals surface area contributed by atoms with Crippen LogP contribution < -0.4 is 20.1 Å². The van der Waals surface area contributed by atoms with Gasteiger partial charge in [-0.15, -0.1) is 0 Å². The minimum atomic E-state index is -0.475. The van der Waals surface area contributed by atoms with Gasteiger partial charge in [-0.05, 0) is 49.1 Å². The Labute approximate surface area is 147 Å². The highest BCUT2D eigenvalue weighted by Gasteiger charge is 2.18. The monoisotopic (exact) mass is 345 g/mol. The second kappa shape index (κ2) is 8.55. The molecule has 1 aromatic carbocycles.